The van der Waals surface area contributed by atoms with E-state index in [1.165, 1.54) is 0 Å². The third-order valence-electron chi connectivity index (χ3n) is 3.58. The molecule has 0 heterocycles. The highest BCUT2D eigenvalue weighted by Gasteiger charge is 2.20. The van der Waals surface area contributed by atoms with Crippen LogP contribution in [0.25, 0.3) is 0 Å². The van der Waals surface area contributed by atoms with Gasteiger partial charge in [0.05, 0.1) is 6.54 Å². The molecule has 0 aliphatic rings. The van der Waals surface area contributed by atoms with Gasteiger partial charge in [-0.1, -0.05) is 34.6 Å². The molecule has 1 amide bonds. The van der Waals surface area contributed by atoms with E-state index in [1.807, 2.05) is 13.8 Å². The van der Waals surface area contributed by atoms with E-state index in [0.717, 1.165) is 13.0 Å². The molecule has 0 rings (SSSR count). The summed E-state index contributed by atoms with van der Waals surface area (Å²) in [7, 11) is 0. The van der Waals surface area contributed by atoms with Gasteiger partial charge in [-0.25, -0.2) is 0 Å². The molecule has 0 bridgehead atoms. The molecule has 0 fully saturated rings. The van der Waals surface area contributed by atoms with Crippen molar-refractivity contribution in [1.29, 1.82) is 0 Å². The fraction of sp³-hybridized carbons (Fsp3) is 0.929. The first kappa shape index (κ1) is 16.4. The highest BCUT2D eigenvalue weighted by atomic mass is 16.2. The normalized spacial score (nSPS) is 14.5. The maximum absolute atomic E-state index is 11.7. The van der Waals surface area contributed by atoms with Crippen molar-refractivity contribution in [2.75, 3.05) is 13.1 Å². The van der Waals surface area contributed by atoms with Crippen LogP contribution in [-0.2, 0) is 4.79 Å². The molecule has 0 aromatic carbocycles. The second kappa shape index (κ2) is 6.39. The molecule has 2 N–H and O–H groups in total. The zero-order chi connectivity index (χ0) is 13.7. The average molecular weight is 242 g/mol. The van der Waals surface area contributed by atoms with Crippen molar-refractivity contribution in [3.63, 3.8) is 0 Å². The lowest BCUT2D eigenvalue weighted by Crippen LogP contribution is -2.47. The minimum absolute atomic E-state index is 0.0814. The Kier molecular flexibility index (Phi) is 6.17. The van der Waals surface area contributed by atoms with E-state index in [0.29, 0.717) is 12.5 Å². The summed E-state index contributed by atoms with van der Waals surface area (Å²) >= 11 is 0. The van der Waals surface area contributed by atoms with Crippen LogP contribution in [0.5, 0.6) is 0 Å². The molecule has 3 heteroatoms. The van der Waals surface area contributed by atoms with E-state index in [9.17, 15) is 4.79 Å². The Bertz CT molecular complexity index is 241. The molecule has 0 aliphatic heterocycles. The van der Waals surface area contributed by atoms with Crippen molar-refractivity contribution < 1.29 is 4.79 Å². The van der Waals surface area contributed by atoms with Crippen molar-refractivity contribution >= 4 is 5.91 Å². The molecule has 17 heavy (non-hydrogen) atoms. The lowest BCUT2D eigenvalue weighted by atomic mass is 9.82. The molecular formula is C14H30N2O. The van der Waals surface area contributed by atoms with Crippen LogP contribution >= 0.6 is 0 Å². The number of rotatable bonds is 6. The van der Waals surface area contributed by atoms with Crippen LogP contribution in [0.1, 0.15) is 54.9 Å². The van der Waals surface area contributed by atoms with E-state index in [1.54, 1.807) is 0 Å². The Morgan fingerprint density at radius 3 is 2.12 bits per heavy atom. The molecule has 0 aromatic rings. The molecule has 0 aliphatic carbocycles. The fourth-order valence-corrected chi connectivity index (χ4v) is 1.22. The largest absolute Gasteiger partial charge is 0.350 e. The van der Waals surface area contributed by atoms with Crippen LogP contribution in [0, 0.1) is 11.3 Å². The predicted octanol–water partition coefficient (Wildman–Crippen LogP) is 2.56. The van der Waals surface area contributed by atoms with Gasteiger partial charge in [0.15, 0.2) is 0 Å². The second-order valence-electron chi connectivity index (χ2n) is 6.68. The Morgan fingerprint density at radius 1 is 1.18 bits per heavy atom. The molecule has 0 radical (unpaired) electrons. The molecule has 1 unspecified atom stereocenters. The lowest BCUT2D eigenvalue weighted by molar-refractivity contribution is -0.121. The van der Waals surface area contributed by atoms with Crippen LogP contribution in [-0.4, -0.2) is 24.5 Å². The smallest absolute Gasteiger partial charge is 0.234 e. The van der Waals surface area contributed by atoms with Gasteiger partial charge in [-0.15, -0.1) is 0 Å². The summed E-state index contributed by atoms with van der Waals surface area (Å²) < 4.78 is 0. The summed E-state index contributed by atoms with van der Waals surface area (Å²) in [6.45, 7) is 16.3. The standard InChI is InChI=1S/C14H30N2O/c1-8-14(6,7)16-12(17)10-15-9-11(2)13(3,4)5/h11,15H,8-10H2,1-7H3,(H,16,17). The second-order valence-corrected chi connectivity index (χ2v) is 6.68. The van der Waals surface area contributed by atoms with E-state index in [-0.39, 0.29) is 16.9 Å². The van der Waals surface area contributed by atoms with E-state index >= 15 is 0 Å². The zero-order valence-corrected chi connectivity index (χ0v) is 12.6. The molecule has 0 spiro atoms. The number of carbonyl (C=O) groups excluding carboxylic acids is 1. The molecular weight excluding hydrogens is 212 g/mol. The topological polar surface area (TPSA) is 41.1 Å². The Morgan fingerprint density at radius 2 is 1.71 bits per heavy atom. The highest BCUT2D eigenvalue weighted by Crippen LogP contribution is 2.24. The number of hydrogen-bond acceptors (Lipinski definition) is 2. The molecule has 1 atom stereocenters. The van der Waals surface area contributed by atoms with Gasteiger partial charge < -0.3 is 10.6 Å². The van der Waals surface area contributed by atoms with Crippen LogP contribution < -0.4 is 10.6 Å². The van der Waals surface area contributed by atoms with E-state index in [2.05, 4.69) is 45.3 Å². The Balaban J connectivity index is 3.87. The maximum atomic E-state index is 11.7. The summed E-state index contributed by atoms with van der Waals surface area (Å²) in [6.07, 6.45) is 0.942. The maximum Gasteiger partial charge on any atom is 0.234 e. The summed E-state index contributed by atoms with van der Waals surface area (Å²) in [5.41, 5.74) is 0.181. The van der Waals surface area contributed by atoms with Crippen LogP contribution in [0.4, 0.5) is 0 Å². The highest BCUT2D eigenvalue weighted by molar-refractivity contribution is 5.78. The number of amides is 1. The third-order valence-corrected chi connectivity index (χ3v) is 3.58. The average Bonchev–Trinajstić information content (AvgIpc) is 2.15. The van der Waals surface area contributed by atoms with Gasteiger partial charge in [0.25, 0.3) is 0 Å². The SMILES string of the molecule is CCC(C)(C)NC(=O)CNCC(C)C(C)(C)C. The van der Waals surface area contributed by atoms with Gasteiger partial charge >= 0.3 is 0 Å². The lowest BCUT2D eigenvalue weighted by Gasteiger charge is -2.28. The van der Waals surface area contributed by atoms with Gasteiger partial charge in [-0.05, 0) is 38.1 Å². The van der Waals surface area contributed by atoms with Crippen molar-refractivity contribution in [3.8, 4) is 0 Å². The summed E-state index contributed by atoms with van der Waals surface area (Å²) in [5.74, 6) is 0.632. The van der Waals surface area contributed by atoms with Crippen LogP contribution in [0.15, 0.2) is 0 Å². The zero-order valence-electron chi connectivity index (χ0n) is 12.6. The molecule has 0 saturated heterocycles. The van der Waals surface area contributed by atoms with Crippen molar-refractivity contribution in [3.05, 3.63) is 0 Å². The Hall–Kier alpha value is -0.570. The Labute approximate surface area is 107 Å². The predicted molar refractivity (Wildman–Crippen MR) is 74.0 cm³/mol. The number of hydrogen-bond donors (Lipinski definition) is 2. The molecule has 0 aromatic heterocycles. The van der Waals surface area contributed by atoms with Gasteiger partial charge in [-0.3, -0.25) is 4.79 Å². The van der Waals surface area contributed by atoms with Crippen molar-refractivity contribution in [1.82, 2.24) is 10.6 Å². The summed E-state index contributed by atoms with van der Waals surface area (Å²) in [4.78, 5) is 11.7. The van der Waals surface area contributed by atoms with Gasteiger partial charge in [0.1, 0.15) is 0 Å². The minimum Gasteiger partial charge on any atom is -0.350 e. The van der Waals surface area contributed by atoms with Gasteiger partial charge in [0, 0.05) is 5.54 Å². The van der Waals surface area contributed by atoms with Crippen LogP contribution in [0.3, 0.4) is 0 Å². The first-order valence-corrected chi connectivity index (χ1v) is 6.60. The van der Waals surface area contributed by atoms with Crippen molar-refractivity contribution in [2.24, 2.45) is 11.3 Å². The summed E-state index contributed by atoms with van der Waals surface area (Å²) in [5, 5.41) is 6.24. The third kappa shape index (κ3) is 7.37. The molecule has 0 saturated carbocycles. The van der Waals surface area contributed by atoms with Crippen molar-refractivity contribution in [2.45, 2.75) is 60.4 Å². The van der Waals surface area contributed by atoms with Gasteiger partial charge in [-0.2, -0.15) is 0 Å². The summed E-state index contributed by atoms with van der Waals surface area (Å²) in [6, 6.07) is 0. The van der Waals surface area contributed by atoms with Crippen LogP contribution in [0.2, 0.25) is 0 Å². The quantitative estimate of drug-likeness (QED) is 0.751. The van der Waals surface area contributed by atoms with E-state index < -0.39 is 0 Å². The first-order chi connectivity index (χ1) is 7.58. The monoisotopic (exact) mass is 242 g/mol. The van der Waals surface area contributed by atoms with Gasteiger partial charge in [0.2, 0.25) is 5.91 Å². The number of nitrogens with one attached hydrogen (secondary N) is 2. The minimum atomic E-state index is -0.103. The number of carbonyl (C=O) groups is 1. The fourth-order valence-electron chi connectivity index (χ4n) is 1.22. The molecule has 102 valence electrons. The first-order valence-electron chi connectivity index (χ1n) is 6.60. The molecule has 3 nitrogen and oxygen atoms in total. The van der Waals surface area contributed by atoms with E-state index in [4.69, 9.17) is 0 Å².